The number of hydrogen-bond acceptors (Lipinski definition) is 3. The van der Waals surface area contributed by atoms with Crippen LogP contribution in [0.1, 0.15) is 0 Å². The molecule has 0 aromatic carbocycles. The summed E-state index contributed by atoms with van der Waals surface area (Å²) in [5.41, 5.74) is -0.0268. The molecule has 0 aliphatic carbocycles. The molecule has 0 bridgehead atoms. The van der Waals surface area contributed by atoms with Gasteiger partial charge in [-0.1, -0.05) is 0 Å². The highest BCUT2D eigenvalue weighted by molar-refractivity contribution is 7.99. The van der Waals surface area contributed by atoms with E-state index in [1.54, 1.807) is 6.08 Å². The summed E-state index contributed by atoms with van der Waals surface area (Å²) in [6.07, 6.45) is 3.54. The van der Waals surface area contributed by atoms with E-state index in [0.717, 1.165) is 0 Å². The molecule has 0 aromatic heterocycles. The summed E-state index contributed by atoms with van der Waals surface area (Å²) in [4.78, 5) is 10.4. The number of carboxylic acids is 1. The summed E-state index contributed by atoms with van der Waals surface area (Å²) in [5, 5.41) is 8.54. The second-order valence-corrected chi connectivity index (χ2v) is 3.35. The Hall–Kier alpha value is -0.575. The summed E-state index contributed by atoms with van der Waals surface area (Å²) in [6.45, 7) is 0. The fourth-order valence-electron chi connectivity index (χ4n) is 0.974. The summed E-state index contributed by atoms with van der Waals surface area (Å²) >= 11 is 1.52. The van der Waals surface area contributed by atoms with Crippen molar-refractivity contribution in [2.75, 3.05) is 6.26 Å². The maximum atomic E-state index is 10.4. The zero-order valence-electron chi connectivity index (χ0n) is 6.40. The molecule has 1 aliphatic heterocycles. The molecule has 0 saturated carbocycles. The third-order valence-corrected chi connectivity index (χ3v) is 2.52. The van der Waals surface area contributed by atoms with Gasteiger partial charge < -0.3 is 9.84 Å². The number of ether oxygens (including phenoxy) is 1. The molecular weight excluding hydrogens is 163 g/mol. The Bertz CT molecular complexity index is 204. The smallest absolute Gasteiger partial charge is 0.370 e. The standard InChI is InChI=1S/C6H9BO3S/c1-11-6-3(7)2-4(10-6)5(8)9/h2-3,6H,7H2,1H3,(H,8,9). The number of carbonyl (C=O) groups is 1. The minimum atomic E-state index is -0.978. The molecule has 2 unspecified atom stereocenters. The lowest BCUT2D eigenvalue weighted by atomic mass is 9.89. The van der Waals surface area contributed by atoms with Gasteiger partial charge in [0.1, 0.15) is 13.3 Å². The lowest BCUT2D eigenvalue weighted by molar-refractivity contribution is -0.136. The fourth-order valence-corrected chi connectivity index (χ4v) is 1.68. The number of aliphatic carboxylic acids is 1. The topological polar surface area (TPSA) is 46.5 Å². The van der Waals surface area contributed by atoms with Gasteiger partial charge in [0, 0.05) is 0 Å². The monoisotopic (exact) mass is 172 g/mol. The van der Waals surface area contributed by atoms with Crippen molar-refractivity contribution in [3.63, 3.8) is 0 Å². The first-order chi connectivity index (χ1) is 5.15. The van der Waals surface area contributed by atoms with Gasteiger partial charge in [-0.25, -0.2) is 4.79 Å². The molecule has 0 amide bonds. The van der Waals surface area contributed by atoms with Crippen LogP contribution in [-0.2, 0) is 9.53 Å². The SMILES string of the molecule is BC1C=C(C(=O)O)OC1SC. The lowest BCUT2D eigenvalue weighted by Crippen LogP contribution is -2.08. The van der Waals surface area contributed by atoms with Gasteiger partial charge in [-0.2, -0.15) is 0 Å². The zero-order valence-corrected chi connectivity index (χ0v) is 7.22. The van der Waals surface area contributed by atoms with Crippen LogP contribution in [0.4, 0.5) is 0 Å². The van der Waals surface area contributed by atoms with Crippen molar-refractivity contribution >= 4 is 25.6 Å². The predicted octanol–water partition coefficient (Wildman–Crippen LogP) is 0.0958. The number of hydrogen-bond donors (Lipinski definition) is 1. The summed E-state index contributed by atoms with van der Waals surface area (Å²) in [7, 11) is 1.94. The van der Waals surface area contributed by atoms with Crippen molar-refractivity contribution in [1.29, 1.82) is 0 Å². The first kappa shape index (κ1) is 8.52. The van der Waals surface area contributed by atoms with Crippen molar-refractivity contribution in [3.05, 3.63) is 11.8 Å². The first-order valence-corrected chi connectivity index (χ1v) is 4.58. The average molecular weight is 172 g/mol. The molecule has 1 N–H and O–H groups in total. The number of rotatable bonds is 2. The highest BCUT2D eigenvalue weighted by atomic mass is 32.2. The van der Waals surface area contributed by atoms with Crippen molar-refractivity contribution in [1.82, 2.24) is 0 Å². The third-order valence-electron chi connectivity index (χ3n) is 1.53. The van der Waals surface area contributed by atoms with Gasteiger partial charge in [-0.05, 0) is 18.1 Å². The van der Waals surface area contributed by atoms with E-state index >= 15 is 0 Å². The van der Waals surface area contributed by atoms with Crippen LogP contribution in [0.5, 0.6) is 0 Å². The molecule has 11 heavy (non-hydrogen) atoms. The van der Waals surface area contributed by atoms with Gasteiger partial charge in [0.15, 0.2) is 0 Å². The Morgan fingerprint density at radius 2 is 2.55 bits per heavy atom. The summed E-state index contributed by atoms with van der Waals surface area (Å²) < 4.78 is 5.11. The molecule has 2 atom stereocenters. The molecule has 0 saturated heterocycles. The Labute approximate surface area is 70.2 Å². The quantitative estimate of drug-likeness (QED) is 0.600. The minimum Gasteiger partial charge on any atom is -0.475 e. The number of carboxylic acid groups (broad SMARTS) is 1. The van der Waals surface area contributed by atoms with E-state index in [4.69, 9.17) is 9.84 Å². The maximum Gasteiger partial charge on any atom is 0.370 e. The molecule has 1 heterocycles. The first-order valence-electron chi connectivity index (χ1n) is 3.29. The fraction of sp³-hybridized carbons (Fsp3) is 0.500. The molecule has 0 spiro atoms. The van der Waals surface area contributed by atoms with Gasteiger partial charge in [-0.15, -0.1) is 11.8 Å². The Balaban J connectivity index is 2.63. The normalized spacial score (nSPS) is 29.4. The highest BCUT2D eigenvalue weighted by Crippen LogP contribution is 2.31. The molecule has 60 valence electrons. The van der Waals surface area contributed by atoms with Gasteiger partial charge >= 0.3 is 5.97 Å². The maximum absolute atomic E-state index is 10.4. The second kappa shape index (κ2) is 3.22. The van der Waals surface area contributed by atoms with Crippen LogP contribution < -0.4 is 0 Å². The molecule has 0 fully saturated rings. The van der Waals surface area contributed by atoms with Gasteiger partial charge in [-0.3, -0.25) is 0 Å². The molecule has 5 heteroatoms. The van der Waals surface area contributed by atoms with E-state index < -0.39 is 5.97 Å². The van der Waals surface area contributed by atoms with E-state index in [1.807, 2.05) is 14.1 Å². The predicted molar refractivity (Wildman–Crippen MR) is 46.4 cm³/mol. The molecule has 1 rings (SSSR count). The van der Waals surface area contributed by atoms with E-state index in [9.17, 15) is 4.79 Å². The van der Waals surface area contributed by atoms with E-state index in [2.05, 4.69) is 0 Å². The molecule has 1 aliphatic rings. The highest BCUT2D eigenvalue weighted by Gasteiger charge is 2.27. The van der Waals surface area contributed by atoms with Gasteiger partial charge in [0.05, 0.1) is 0 Å². The molecule has 3 nitrogen and oxygen atoms in total. The van der Waals surface area contributed by atoms with E-state index in [0.29, 0.717) is 0 Å². The zero-order chi connectivity index (χ0) is 8.43. The second-order valence-electron chi connectivity index (χ2n) is 2.42. The van der Waals surface area contributed by atoms with Crippen molar-refractivity contribution < 1.29 is 14.6 Å². The molecular formula is C6H9BO3S. The van der Waals surface area contributed by atoms with Crippen LogP contribution >= 0.6 is 11.8 Å². The number of thioether (sulfide) groups is 1. The van der Waals surface area contributed by atoms with Gasteiger partial charge in [0.2, 0.25) is 5.76 Å². The largest absolute Gasteiger partial charge is 0.475 e. The van der Waals surface area contributed by atoms with E-state index in [1.165, 1.54) is 11.8 Å². The third kappa shape index (κ3) is 1.71. The Kier molecular flexibility index (Phi) is 2.49. The van der Waals surface area contributed by atoms with Crippen LogP contribution in [0.2, 0.25) is 5.82 Å². The minimum absolute atomic E-state index is 0.0268. The summed E-state index contributed by atoms with van der Waals surface area (Å²) in [5.74, 6) is -0.707. The Morgan fingerprint density at radius 3 is 2.82 bits per heavy atom. The molecule has 0 aromatic rings. The lowest BCUT2D eigenvalue weighted by Gasteiger charge is -2.11. The van der Waals surface area contributed by atoms with Crippen LogP contribution in [0, 0.1) is 0 Å². The van der Waals surface area contributed by atoms with Crippen LogP contribution in [0.3, 0.4) is 0 Å². The van der Waals surface area contributed by atoms with Crippen LogP contribution in [0.25, 0.3) is 0 Å². The van der Waals surface area contributed by atoms with Crippen LogP contribution in [-0.4, -0.2) is 30.6 Å². The molecule has 0 radical (unpaired) electrons. The van der Waals surface area contributed by atoms with Crippen molar-refractivity contribution in [3.8, 4) is 0 Å². The Morgan fingerprint density at radius 1 is 1.91 bits per heavy atom. The van der Waals surface area contributed by atoms with Gasteiger partial charge in [0.25, 0.3) is 0 Å². The average Bonchev–Trinajstić information content (AvgIpc) is 2.31. The summed E-state index contributed by atoms with van der Waals surface area (Å²) in [6, 6.07) is 0. The van der Waals surface area contributed by atoms with E-state index in [-0.39, 0.29) is 17.0 Å². The van der Waals surface area contributed by atoms with Crippen molar-refractivity contribution in [2.24, 2.45) is 0 Å². The van der Waals surface area contributed by atoms with Crippen LogP contribution in [0.15, 0.2) is 11.8 Å². The van der Waals surface area contributed by atoms with Crippen molar-refractivity contribution in [2.45, 2.75) is 11.3 Å².